The quantitative estimate of drug-likeness (QED) is 0.338. The first kappa shape index (κ1) is 20.2. The third-order valence-corrected chi connectivity index (χ3v) is 3.77. The van der Waals surface area contributed by atoms with Crippen molar-refractivity contribution in [2.24, 2.45) is 0 Å². The molecule has 0 atom stereocenters. The van der Waals surface area contributed by atoms with Gasteiger partial charge in [-0.25, -0.2) is 4.98 Å². The van der Waals surface area contributed by atoms with E-state index in [-0.39, 0.29) is 16.4 Å². The third kappa shape index (κ3) is 5.96. The number of halogens is 3. The van der Waals surface area contributed by atoms with Crippen molar-refractivity contribution in [1.29, 1.82) is 0 Å². The Morgan fingerprint density at radius 2 is 1.74 bits per heavy atom. The van der Waals surface area contributed by atoms with Gasteiger partial charge in [-0.1, -0.05) is 0 Å². The Morgan fingerprint density at radius 1 is 1.11 bits per heavy atom. The topological polar surface area (TPSA) is 154 Å². The average Bonchev–Trinajstić information content (AvgIpc) is 2.57. The van der Waals surface area contributed by atoms with Crippen LogP contribution in [0.3, 0.4) is 0 Å². The highest BCUT2D eigenvalue weighted by Crippen LogP contribution is 2.29. The number of rotatable bonds is 7. The van der Waals surface area contributed by atoms with E-state index < -0.39 is 40.5 Å². The molecule has 0 aliphatic carbocycles. The zero-order valence-corrected chi connectivity index (χ0v) is 14.0. The summed E-state index contributed by atoms with van der Waals surface area (Å²) in [4.78, 5) is 17.0. The van der Waals surface area contributed by atoms with Gasteiger partial charge in [0.2, 0.25) is 5.95 Å². The predicted molar refractivity (Wildman–Crippen MR) is 86.7 cm³/mol. The lowest BCUT2D eigenvalue weighted by Gasteiger charge is -2.13. The summed E-state index contributed by atoms with van der Waals surface area (Å²) in [6.07, 6.45) is -4.80. The monoisotopic (exact) mass is 407 g/mol. The molecule has 0 amide bonds. The molecule has 0 aliphatic heterocycles. The second-order valence-corrected chi connectivity index (χ2v) is 6.38. The molecule has 0 bridgehead atoms. The van der Waals surface area contributed by atoms with Crippen molar-refractivity contribution in [1.82, 2.24) is 9.97 Å². The van der Waals surface area contributed by atoms with E-state index in [0.717, 1.165) is 12.1 Å². The maximum Gasteiger partial charge on any atom is 0.433 e. The molecule has 0 fully saturated rings. The Hall–Kier alpha value is -3.13. The summed E-state index contributed by atoms with van der Waals surface area (Å²) in [6.45, 7) is -0.689. The largest absolute Gasteiger partial charge is 0.480 e. The summed E-state index contributed by atoms with van der Waals surface area (Å²) >= 11 is 0. The number of hydrazine groups is 1. The Balaban J connectivity index is 2.19. The molecular formula is C13H12F3N5O5S. The Morgan fingerprint density at radius 3 is 2.26 bits per heavy atom. The smallest absolute Gasteiger partial charge is 0.433 e. The number of aliphatic carboxylic acids is 1. The van der Waals surface area contributed by atoms with E-state index >= 15 is 0 Å². The number of alkyl halides is 3. The second kappa shape index (κ2) is 7.63. The Labute approximate surface area is 150 Å². The summed E-state index contributed by atoms with van der Waals surface area (Å²) in [6, 6.07) is 5.21. The molecule has 0 radical (unpaired) electrons. The predicted octanol–water partition coefficient (Wildman–Crippen LogP) is 1.68. The number of hydrogen-bond donors (Lipinski definition) is 5. The summed E-state index contributed by atoms with van der Waals surface area (Å²) in [5.74, 6) is -2.20. The fourth-order valence-electron chi connectivity index (χ4n) is 1.74. The van der Waals surface area contributed by atoms with Crippen molar-refractivity contribution in [2.75, 3.05) is 22.7 Å². The van der Waals surface area contributed by atoms with Gasteiger partial charge in [0.05, 0.1) is 10.6 Å². The second-order valence-electron chi connectivity index (χ2n) is 4.96. The fraction of sp³-hybridized carbons (Fsp3) is 0.154. The minimum Gasteiger partial charge on any atom is -0.480 e. The van der Waals surface area contributed by atoms with Crippen molar-refractivity contribution in [3.05, 3.63) is 36.0 Å². The summed E-state index contributed by atoms with van der Waals surface area (Å²) in [7, 11) is -4.38. The van der Waals surface area contributed by atoms with Crippen LogP contribution in [0.2, 0.25) is 0 Å². The van der Waals surface area contributed by atoms with E-state index in [1.165, 1.54) is 12.1 Å². The average molecular weight is 407 g/mol. The minimum absolute atomic E-state index is 0.245. The number of hydrogen-bond acceptors (Lipinski definition) is 8. The molecule has 1 aromatic carbocycles. The van der Waals surface area contributed by atoms with Gasteiger partial charge in [-0.2, -0.15) is 26.6 Å². The maximum atomic E-state index is 12.9. The van der Waals surface area contributed by atoms with E-state index in [1.54, 1.807) is 0 Å². The Kier molecular flexibility index (Phi) is 5.70. The molecule has 0 unspecified atom stereocenters. The van der Waals surface area contributed by atoms with Gasteiger partial charge < -0.3 is 10.4 Å². The molecule has 14 heteroatoms. The molecule has 2 rings (SSSR count). The van der Waals surface area contributed by atoms with Crippen LogP contribution in [0.5, 0.6) is 0 Å². The van der Waals surface area contributed by atoms with Crippen LogP contribution in [-0.2, 0) is 21.1 Å². The van der Waals surface area contributed by atoms with Crippen molar-refractivity contribution in [3.8, 4) is 0 Å². The van der Waals surface area contributed by atoms with Crippen LogP contribution in [0.15, 0.2) is 35.2 Å². The van der Waals surface area contributed by atoms with Gasteiger partial charge in [-0.05, 0) is 24.3 Å². The summed E-state index contributed by atoms with van der Waals surface area (Å²) in [5.41, 5.74) is 3.78. The molecule has 10 nitrogen and oxygen atoms in total. The number of carboxylic acid groups (broad SMARTS) is 1. The third-order valence-electron chi connectivity index (χ3n) is 2.90. The molecule has 2 aromatic rings. The van der Waals surface area contributed by atoms with E-state index in [0.29, 0.717) is 6.07 Å². The van der Waals surface area contributed by atoms with Gasteiger partial charge in [-0.15, -0.1) is 0 Å². The number of anilines is 3. The van der Waals surface area contributed by atoms with Crippen LogP contribution < -0.4 is 16.2 Å². The van der Waals surface area contributed by atoms with Gasteiger partial charge in [0.15, 0.2) is 11.5 Å². The summed E-state index contributed by atoms with van der Waals surface area (Å²) in [5, 5.41) is 10.7. The zero-order valence-electron chi connectivity index (χ0n) is 13.1. The van der Waals surface area contributed by atoms with Crippen LogP contribution in [0.25, 0.3) is 0 Å². The normalized spacial score (nSPS) is 11.7. The number of nitrogens with zero attached hydrogens (tertiary/aromatic N) is 2. The molecule has 27 heavy (non-hydrogen) atoms. The van der Waals surface area contributed by atoms with Crippen LogP contribution in [-0.4, -0.2) is 40.6 Å². The molecule has 1 aromatic heterocycles. The highest BCUT2D eigenvalue weighted by Gasteiger charge is 2.33. The van der Waals surface area contributed by atoms with Gasteiger partial charge in [0.25, 0.3) is 10.1 Å². The molecule has 0 saturated carbocycles. The van der Waals surface area contributed by atoms with E-state index in [1.807, 2.05) is 0 Å². The molecule has 1 heterocycles. The first-order chi connectivity index (χ1) is 12.4. The number of carbonyl (C=O) groups is 1. The van der Waals surface area contributed by atoms with Crippen molar-refractivity contribution < 1.29 is 36.0 Å². The van der Waals surface area contributed by atoms with Crippen LogP contribution in [0, 0.1) is 0 Å². The highest BCUT2D eigenvalue weighted by molar-refractivity contribution is 7.85. The lowest BCUT2D eigenvalue weighted by molar-refractivity contribution is -0.141. The van der Waals surface area contributed by atoms with Crippen molar-refractivity contribution in [3.63, 3.8) is 0 Å². The fourth-order valence-corrected chi connectivity index (χ4v) is 2.22. The highest BCUT2D eigenvalue weighted by atomic mass is 32.2. The zero-order chi connectivity index (χ0) is 20.2. The lowest BCUT2D eigenvalue weighted by atomic mass is 10.3. The van der Waals surface area contributed by atoms with E-state index in [2.05, 4.69) is 26.1 Å². The molecular weight excluding hydrogens is 395 g/mol. The van der Waals surface area contributed by atoms with Crippen LogP contribution >= 0.6 is 0 Å². The van der Waals surface area contributed by atoms with Crippen LogP contribution in [0.4, 0.5) is 30.6 Å². The molecule has 5 N–H and O–H groups in total. The van der Waals surface area contributed by atoms with E-state index in [9.17, 15) is 26.4 Å². The number of nitrogens with one attached hydrogen (secondary N) is 3. The first-order valence-electron chi connectivity index (χ1n) is 6.96. The van der Waals surface area contributed by atoms with E-state index in [4.69, 9.17) is 9.66 Å². The molecule has 0 saturated heterocycles. The lowest BCUT2D eigenvalue weighted by Crippen LogP contribution is -2.19. The molecule has 0 spiro atoms. The van der Waals surface area contributed by atoms with Gasteiger partial charge in [0.1, 0.15) is 6.54 Å². The minimum atomic E-state index is -4.80. The van der Waals surface area contributed by atoms with Gasteiger partial charge in [0, 0.05) is 6.07 Å². The van der Waals surface area contributed by atoms with Crippen molar-refractivity contribution in [2.45, 2.75) is 11.1 Å². The van der Waals surface area contributed by atoms with Crippen LogP contribution in [0.1, 0.15) is 5.69 Å². The molecule has 0 aliphatic rings. The number of benzene rings is 1. The first-order valence-corrected chi connectivity index (χ1v) is 8.41. The standard InChI is InChI=1S/C13H12F3N5O5S/c14-13(15,16)9-5-10(19-12(18-9)17-6-11(22)23)21-20-7-1-3-8(4-2-7)27(24,25)26/h1-5,20H,6H2,(H,22,23)(H,24,25,26)(H2,17,18,19,21). The SMILES string of the molecule is O=C(O)CNc1nc(NNc2ccc(S(=O)(=O)O)cc2)cc(C(F)(F)F)n1. The maximum absolute atomic E-state index is 12.9. The van der Waals surface area contributed by atoms with Gasteiger partial charge in [-0.3, -0.25) is 20.2 Å². The number of aromatic nitrogens is 2. The Bertz CT molecular complexity index is 934. The van der Waals surface area contributed by atoms with Crippen molar-refractivity contribution >= 4 is 33.5 Å². The summed E-state index contributed by atoms with van der Waals surface area (Å²) < 4.78 is 69.5. The molecule has 146 valence electrons. The van der Waals surface area contributed by atoms with Gasteiger partial charge >= 0.3 is 12.1 Å². The number of carboxylic acids is 1.